The number of hydrogen-bond acceptors (Lipinski definition) is 9. The SMILES string of the molecule is CN(CCCNC(=O)Nc1cccc2c1CCCC2)CC1OC(n2cnc3c(N)ncnc32)C(O)C1O. The molecule has 0 saturated carbocycles. The van der Waals surface area contributed by atoms with Gasteiger partial charge in [-0.2, -0.15) is 0 Å². The molecule has 1 aliphatic carbocycles. The van der Waals surface area contributed by atoms with Gasteiger partial charge in [-0.05, 0) is 62.9 Å². The van der Waals surface area contributed by atoms with Gasteiger partial charge in [-0.15, -0.1) is 0 Å². The number of carbonyl (C=O) groups excluding carboxylic acids is 1. The summed E-state index contributed by atoms with van der Waals surface area (Å²) in [5, 5.41) is 27.2. The highest BCUT2D eigenvalue weighted by Crippen LogP contribution is 2.32. The molecule has 4 atom stereocenters. The number of fused-ring (bicyclic) bond motifs is 2. The van der Waals surface area contributed by atoms with Gasteiger partial charge in [0.1, 0.15) is 30.2 Å². The summed E-state index contributed by atoms with van der Waals surface area (Å²) in [6.07, 6.45) is 4.24. The minimum atomic E-state index is -1.15. The van der Waals surface area contributed by atoms with Crippen molar-refractivity contribution in [3.8, 4) is 0 Å². The number of likely N-dealkylation sites (N-methyl/N-ethyl adjacent to an activating group) is 1. The average molecular weight is 511 g/mol. The van der Waals surface area contributed by atoms with Crippen molar-refractivity contribution < 1.29 is 19.7 Å². The van der Waals surface area contributed by atoms with Crippen LogP contribution in [0.4, 0.5) is 16.3 Å². The molecule has 2 amide bonds. The minimum Gasteiger partial charge on any atom is -0.387 e. The largest absolute Gasteiger partial charge is 0.387 e. The number of imidazole rings is 1. The third-order valence-electron chi connectivity index (χ3n) is 7.14. The molecule has 0 radical (unpaired) electrons. The summed E-state index contributed by atoms with van der Waals surface area (Å²) in [6, 6.07) is 5.88. The molecule has 1 aliphatic heterocycles. The quantitative estimate of drug-likeness (QED) is 0.279. The van der Waals surface area contributed by atoms with Crippen molar-refractivity contribution in [3.05, 3.63) is 42.0 Å². The van der Waals surface area contributed by atoms with Crippen LogP contribution in [0.2, 0.25) is 0 Å². The van der Waals surface area contributed by atoms with Gasteiger partial charge in [-0.25, -0.2) is 19.7 Å². The van der Waals surface area contributed by atoms with Crippen LogP contribution in [-0.4, -0.2) is 85.7 Å². The average Bonchev–Trinajstić information content (AvgIpc) is 3.44. The fourth-order valence-corrected chi connectivity index (χ4v) is 5.18. The molecule has 6 N–H and O–H groups in total. The van der Waals surface area contributed by atoms with Gasteiger partial charge in [0, 0.05) is 18.8 Å². The zero-order valence-electron chi connectivity index (χ0n) is 20.9. The van der Waals surface area contributed by atoms with E-state index >= 15 is 0 Å². The predicted octanol–water partition coefficient (Wildman–Crippen LogP) is 1.05. The molecular weight excluding hydrogens is 476 g/mol. The Morgan fingerprint density at radius 2 is 2.05 bits per heavy atom. The van der Waals surface area contributed by atoms with Gasteiger partial charge in [0.25, 0.3) is 0 Å². The second-order valence-electron chi connectivity index (χ2n) is 9.78. The van der Waals surface area contributed by atoms with Crippen LogP contribution in [0.5, 0.6) is 0 Å². The van der Waals surface area contributed by atoms with Gasteiger partial charge < -0.3 is 36.2 Å². The summed E-state index contributed by atoms with van der Waals surface area (Å²) in [5.74, 6) is 0.235. The molecular formula is C25H34N8O4. The van der Waals surface area contributed by atoms with E-state index in [2.05, 4.69) is 31.7 Å². The van der Waals surface area contributed by atoms with E-state index in [1.54, 1.807) is 4.57 Å². The van der Waals surface area contributed by atoms with Gasteiger partial charge in [0.2, 0.25) is 0 Å². The van der Waals surface area contributed by atoms with Crippen molar-refractivity contribution in [3.63, 3.8) is 0 Å². The molecule has 1 aromatic carbocycles. The van der Waals surface area contributed by atoms with E-state index < -0.39 is 24.5 Å². The fourth-order valence-electron chi connectivity index (χ4n) is 5.18. The normalized spacial score (nSPS) is 23.4. The zero-order valence-corrected chi connectivity index (χ0v) is 20.9. The number of aromatic nitrogens is 4. The maximum Gasteiger partial charge on any atom is 0.319 e. The number of ether oxygens (including phenoxy) is 1. The zero-order chi connectivity index (χ0) is 25.9. The Morgan fingerprint density at radius 1 is 1.22 bits per heavy atom. The van der Waals surface area contributed by atoms with Crippen LogP contribution >= 0.6 is 0 Å². The molecule has 37 heavy (non-hydrogen) atoms. The number of anilines is 2. The smallest absolute Gasteiger partial charge is 0.319 e. The van der Waals surface area contributed by atoms with E-state index in [0.717, 1.165) is 24.9 Å². The number of aliphatic hydroxyl groups is 2. The Bertz CT molecular complexity index is 1250. The number of aryl methyl sites for hydroxylation is 1. The summed E-state index contributed by atoms with van der Waals surface area (Å²) >= 11 is 0. The first-order valence-corrected chi connectivity index (χ1v) is 12.7. The van der Waals surface area contributed by atoms with Crippen LogP contribution in [0.15, 0.2) is 30.9 Å². The Hall–Kier alpha value is -3.32. The molecule has 2 aliphatic rings. The van der Waals surface area contributed by atoms with Crippen LogP contribution < -0.4 is 16.4 Å². The lowest BCUT2D eigenvalue weighted by Crippen LogP contribution is -2.39. The first kappa shape index (κ1) is 25.3. The second-order valence-corrected chi connectivity index (χ2v) is 9.78. The van der Waals surface area contributed by atoms with Crippen molar-refractivity contribution in [1.29, 1.82) is 0 Å². The van der Waals surface area contributed by atoms with Crippen molar-refractivity contribution in [2.75, 3.05) is 37.7 Å². The molecule has 3 heterocycles. The molecule has 198 valence electrons. The molecule has 0 bridgehead atoms. The number of amides is 2. The number of benzene rings is 1. The lowest BCUT2D eigenvalue weighted by atomic mass is 9.90. The molecule has 12 heteroatoms. The number of urea groups is 1. The molecule has 4 unspecified atom stereocenters. The first-order chi connectivity index (χ1) is 17.9. The first-order valence-electron chi connectivity index (χ1n) is 12.7. The van der Waals surface area contributed by atoms with Gasteiger partial charge >= 0.3 is 6.03 Å². The number of carbonyl (C=O) groups is 1. The summed E-state index contributed by atoms with van der Waals surface area (Å²) in [7, 11) is 1.91. The highest BCUT2D eigenvalue weighted by atomic mass is 16.6. The van der Waals surface area contributed by atoms with E-state index in [0.29, 0.717) is 37.2 Å². The number of nitrogens with zero attached hydrogens (tertiary/aromatic N) is 5. The standard InChI is InChI=1S/C25H34N8O4/c1-32(11-5-10-27-25(36)31-17-9-4-7-15-6-2-3-8-16(15)17)12-18-20(34)21(35)24(37-18)33-14-30-19-22(26)28-13-29-23(19)33/h4,7,9,13-14,18,20-21,24,34-35H,2-3,5-6,8,10-12H2,1H3,(H2,26,28,29)(H2,27,31,36). The van der Waals surface area contributed by atoms with Gasteiger partial charge in [-0.1, -0.05) is 12.1 Å². The second kappa shape index (κ2) is 11.0. The van der Waals surface area contributed by atoms with Crippen LogP contribution in [0.25, 0.3) is 11.2 Å². The lowest BCUT2D eigenvalue weighted by Gasteiger charge is -2.23. The molecule has 2 aromatic heterocycles. The number of rotatable bonds is 8. The maximum atomic E-state index is 12.4. The molecule has 3 aromatic rings. The number of nitrogens with two attached hydrogens (primary N) is 1. The van der Waals surface area contributed by atoms with Gasteiger partial charge in [0.05, 0.1) is 6.33 Å². The Morgan fingerprint density at radius 3 is 2.92 bits per heavy atom. The number of hydrogen-bond donors (Lipinski definition) is 5. The molecule has 1 saturated heterocycles. The third kappa shape index (κ3) is 5.37. The molecule has 1 fully saturated rings. The number of nitrogens with one attached hydrogen (secondary N) is 2. The van der Waals surface area contributed by atoms with Crippen molar-refractivity contribution in [2.45, 2.75) is 56.6 Å². The third-order valence-corrected chi connectivity index (χ3v) is 7.14. The number of nitrogen functional groups attached to an aromatic ring is 1. The van der Waals surface area contributed by atoms with E-state index in [9.17, 15) is 15.0 Å². The summed E-state index contributed by atoms with van der Waals surface area (Å²) < 4.78 is 7.57. The summed E-state index contributed by atoms with van der Waals surface area (Å²) in [4.78, 5) is 26.7. The highest BCUT2D eigenvalue weighted by Gasteiger charge is 2.44. The highest BCUT2D eigenvalue weighted by molar-refractivity contribution is 5.90. The van der Waals surface area contributed by atoms with Crippen LogP contribution in [0, 0.1) is 0 Å². The van der Waals surface area contributed by atoms with Crippen LogP contribution in [-0.2, 0) is 17.6 Å². The van der Waals surface area contributed by atoms with E-state index in [-0.39, 0.29) is 11.8 Å². The Labute approximate surface area is 214 Å². The molecule has 0 spiro atoms. The van der Waals surface area contributed by atoms with Crippen molar-refractivity contribution in [2.24, 2.45) is 0 Å². The molecule has 12 nitrogen and oxygen atoms in total. The van der Waals surface area contributed by atoms with E-state index in [4.69, 9.17) is 10.5 Å². The molecule has 5 rings (SSSR count). The van der Waals surface area contributed by atoms with E-state index in [1.165, 1.54) is 30.2 Å². The van der Waals surface area contributed by atoms with Crippen LogP contribution in [0.1, 0.15) is 36.6 Å². The fraction of sp³-hybridized carbons (Fsp3) is 0.520. The lowest BCUT2D eigenvalue weighted by molar-refractivity contribution is -0.0421. The maximum absolute atomic E-state index is 12.4. The topological polar surface area (TPSA) is 164 Å². The van der Waals surface area contributed by atoms with E-state index in [1.807, 2.05) is 24.1 Å². The summed E-state index contributed by atoms with van der Waals surface area (Å²) in [6.45, 7) is 1.58. The monoisotopic (exact) mass is 510 g/mol. The minimum absolute atomic E-state index is 0.209. The summed E-state index contributed by atoms with van der Waals surface area (Å²) in [5.41, 5.74) is 10.2. The van der Waals surface area contributed by atoms with Gasteiger partial charge in [-0.3, -0.25) is 4.57 Å². The van der Waals surface area contributed by atoms with Gasteiger partial charge in [0.15, 0.2) is 17.7 Å². The Balaban J connectivity index is 1.08. The van der Waals surface area contributed by atoms with Crippen molar-refractivity contribution in [1.82, 2.24) is 29.7 Å². The number of aliphatic hydroxyl groups excluding tert-OH is 2. The van der Waals surface area contributed by atoms with Crippen molar-refractivity contribution >= 4 is 28.7 Å². The van der Waals surface area contributed by atoms with Crippen LogP contribution in [0.3, 0.4) is 0 Å². The Kier molecular flexibility index (Phi) is 7.51. The predicted molar refractivity (Wildman–Crippen MR) is 138 cm³/mol.